The van der Waals surface area contributed by atoms with Crippen molar-refractivity contribution >= 4 is 5.78 Å². The molecule has 0 aliphatic heterocycles. The number of oxazole rings is 1. The number of rotatable bonds is 3. The van der Waals surface area contributed by atoms with Gasteiger partial charge in [0.05, 0.1) is 6.20 Å². The van der Waals surface area contributed by atoms with Gasteiger partial charge in [-0.2, -0.15) is 0 Å². The Bertz CT molecular complexity index is 497. The fourth-order valence-corrected chi connectivity index (χ4v) is 1.44. The predicted molar refractivity (Wildman–Crippen MR) is 60.5 cm³/mol. The van der Waals surface area contributed by atoms with Crippen LogP contribution < -0.4 is 0 Å². The maximum Gasteiger partial charge on any atom is 0.199 e. The molecular formula is C13H13NO2. The van der Waals surface area contributed by atoms with E-state index in [9.17, 15) is 4.79 Å². The van der Waals surface area contributed by atoms with Crippen molar-refractivity contribution in [1.29, 1.82) is 0 Å². The van der Waals surface area contributed by atoms with Crippen molar-refractivity contribution in [3.63, 3.8) is 0 Å². The lowest BCUT2D eigenvalue weighted by atomic mass is 10.1. The second-order valence-corrected chi connectivity index (χ2v) is 3.84. The summed E-state index contributed by atoms with van der Waals surface area (Å²) in [5, 5.41) is 0. The van der Waals surface area contributed by atoms with Crippen LogP contribution in [0.25, 0.3) is 0 Å². The molecule has 82 valence electrons. The minimum absolute atomic E-state index is 0.0948. The lowest BCUT2D eigenvalue weighted by molar-refractivity contribution is 0.0985. The van der Waals surface area contributed by atoms with E-state index in [2.05, 4.69) is 4.98 Å². The zero-order valence-electron chi connectivity index (χ0n) is 9.36. The number of nitrogens with zero attached hydrogens (tertiary/aromatic N) is 1. The lowest BCUT2D eigenvalue weighted by Gasteiger charge is -1.97. The maximum absolute atomic E-state index is 11.0. The number of Topliss-reactive ketones (excluding diaryl/α,β-unsaturated/α-hetero) is 1. The molecular weight excluding hydrogens is 202 g/mol. The molecule has 0 unspecified atom stereocenters. The molecule has 0 atom stereocenters. The zero-order valence-corrected chi connectivity index (χ0v) is 9.36. The number of hydrogen-bond donors (Lipinski definition) is 0. The number of aryl methyl sites for hydroxylation is 1. The molecule has 1 aromatic heterocycles. The molecule has 0 aliphatic rings. The fourth-order valence-electron chi connectivity index (χ4n) is 1.44. The molecule has 0 fully saturated rings. The van der Waals surface area contributed by atoms with Gasteiger partial charge in [0.25, 0.3) is 0 Å². The Labute approximate surface area is 94.1 Å². The van der Waals surface area contributed by atoms with Crippen LogP contribution in [0.5, 0.6) is 0 Å². The Morgan fingerprint density at radius 1 is 1.31 bits per heavy atom. The summed E-state index contributed by atoms with van der Waals surface area (Å²) in [4.78, 5) is 15.1. The third kappa shape index (κ3) is 2.37. The normalized spacial score (nSPS) is 10.4. The van der Waals surface area contributed by atoms with Crippen LogP contribution in [-0.4, -0.2) is 10.8 Å². The van der Waals surface area contributed by atoms with Crippen molar-refractivity contribution < 1.29 is 9.21 Å². The van der Waals surface area contributed by atoms with Gasteiger partial charge in [-0.1, -0.05) is 29.8 Å². The highest BCUT2D eigenvalue weighted by Crippen LogP contribution is 2.11. The van der Waals surface area contributed by atoms with Crippen molar-refractivity contribution in [1.82, 2.24) is 4.98 Å². The molecule has 0 N–H and O–H groups in total. The van der Waals surface area contributed by atoms with E-state index in [1.165, 1.54) is 18.7 Å². The van der Waals surface area contributed by atoms with E-state index < -0.39 is 0 Å². The molecule has 1 heterocycles. The van der Waals surface area contributed by atoms with Gasteiger partial charge in [0.15, 0.2) is 17.4 Å². The molecule has 0 radical (unpaired) electrons. The summed E-state index contributed by atoms with van der Waals surface area (Å²) in [6, 6.07) is 8.16. The second-order valence-electron chi connectivity index (χ2n) is 3.84. The highest BCUT2D eigenvalue weighted by molar-refractivity contribution is 5.90. The van der Waals surface area contributed by atoms with Gasteiger partial charge in [0.1, 0.15) is 0 Å². The summed E-state index contributed by atoms with van der Waals surface area (Å²) in [5.41, 5.74) is 2.35. The van der Waals surface area contributed by atoms with Crippen molar-refractivity contribution in [2.75, 3.05) is 0 Å². The quantitative estimate of drug-likeness (QED) is 0.739. The summed E-state index contributed by atoms with van der Waals surface area (Å²) in [6.45, 7) is 3.51. The first-order valence-electron chi connectivity index (χ1n) is 5.16. The fraction of sp³-hybridized carbons (Fsp3) is 0.231. The predicted octanol–water partition coefficient (Wildman–Crippen LogP) is 2.78. The van der Waals surface area contributed by atoms with Crippen LogP contribution >= 0.6 is 0 Å². The summed E-state index contributed by atoms with van der Waals surface area (Å²) < 4.78 is 5.32. The van der Waals surface area contributed by atoms with Crippen molar-refractivity contribution in [2.45, 2.75) is 20.3 Å². The summed E-state index contributed by atoms with van der Waals surface area (Å²) in [5.74, 6) is 0.804. The first-order chi connectivity index (χ1) is 7.65. The molecule has 0 saturated heterocycles. The minimum atomic E-state index is -0.0948. The largest absolute Gasteiger partial charge is 0.437 e. The number of ketones is 1. The molecule has 3 heteroatoms. The molecule has 0 aliphatic carbocycles. The van der Waals surface area contributed by atoms with Gasteiger partial charge in [-0.05, 0) is 12.5 Å². The summed E-state index contributed by atoms with van der Waals surface area (Å²) >= 11 is 0. The SMILES string of the molecule is CC(=O)c1cnc(Cc2ccc(C)cc2)o1. The van der Waals surface area contributed by atoms with Gasteiger partial charge in [0, 0.05) is 13.3 Å². The van der Waals surface area contributed by atoms with Crippen LogP contribution in [0.15, 0.2) is 34.9 Å². The highest BCUT2D eigenvalue weighted by atomic mass is 16.4. The Hall–Kier alpha value is -1.90. The molecule has 0 saturated carbocycles. The van der Waals surface area contributed by atoms with Gasteiger partial charge in [-0.3, -0.25) is 4.79 Å². The van der Waals surface area contributed by atoms with Crippen LogP contribution in [0.1, 0.15) is 34.5 Å². The Morgan fingerprint density at radius 2 is 2.00 bits per heavy atom. The lowest BCUT2D eigenvalue weighted by Crippen LogP contribution is -1.89. The molecule has 16 heavy (non-hydrogen) atoms. The molecule has 1 aromatic carbocycles. The van der Waals surface area contributed by atoms with Crippen LogP contribution in [-0.2, 0) is 6.42 Å². The monoisotopic (exact) mass is 215 g/mol. The van der Waals surface area contributed by atoms with E-state index in [1.54, 1.807) is 0 Å². The first-order valence-corrected chi connectivity index (χ1v) is 5.16. The minimum Gasteiger partial charge on any atom is -0.437 e. The average Bonchev–Trinajstić information content (AvgIpc) is 2.70. The summed E-state index contributed by atoms with van der Waals surface area (Å²) in [7, 11) is 0. The Kier molecular flexibility index (Phi) is 2.86. The van der Waals surface area contributed by atoms with Gasteiger partial charge < -0.3 is 4.42 Å². The van der Waals surface area contributed by atoms with E-state index in [-0.39, 0.29) is 5.78 Å². The molecule has 2 aromatic rings. The zero-order chi connectivity index (χ0) is 11.5. The average molecular weight is 215 g/mol. The number of benzene rings is 1. The number of carbonyl (C=O) groups excluding carboxylic acids is 1. The molecule has 0 spiro atoms. The third-order valence-corrected chi connectivity index (χ3v) is 2.38. The smallest absolute Gasteiger partial charge is 0.199 e. The molecule has 0 amide bonds. The van der Waals surface area contributed by atoms with Crippen molar-refractivity contribution in [2.24, 2.45) is 0 Å². The van der Waals surface area contributed by atoms with Crippen molar-refractivity contribution in [3.05, 3.63) is 53.2 Å². The van der Waals surface area contributed by atoms with Crippen LogP contribution in [0, 0.1) is 6.92 Å². The Balaban J connectivity index is 2.14. The van der Waals surface area contributed by atoms with Gasteiger partial charge in [0.2, 0.25) is 0 Å². The maximum atomic E-state index is 11.0. The van der Waals surface area contributed by atoms with E-state index in [0.717, 1.165) is 5.56 Å². The second kappa shape index (κ2) is 4.31. The standard InChI is InChI=1S/C13H13NO2/c1-9-3-5-11(6-4-9)7-13-14-8-12(16-13)10(2)15/h3-6,8H,7H2,1-2H3. The van der Waals surface area contributed by atoms with Crippen molar-refractivity contribution in [3.8, 4) is 0 Å². The molecule has 2 rings (SSSR count). The highest BCUT2D eigenvalue weighted by Gasteiger charge is 2.08. The van der Waals surface area contributed by atoms with E-state index >= 15 is 0 Å². The molecule has 3 nitrogen and oxygen atoms in total. The third-order valence-electron chi connectivity index (χ3n) is 2.38. The first kappa shape index (κ1) is 10.6. The topological polar surface area (TPSA) is 43.1 Å². The number of aromatic nitrogens is 1. The van der Waals surface area contributed by atoms with Gasteiger partial charge in [-0.15, -0.1) is 0 Å². The van der Waals surface area contributed by atoms with Gasteiger partial charge in [-0.25, -0.2) is 4.98 Å². The van der Waals surface area contributed by atoms with Crippen LogP contribution in [0.4, 0.5) is 0 Å². The summed E-state index contributed by atoms with van der Waals surface area (Å²) in [6.07, 6.45) is 2.10. The number of hydrogen-bond acceptors (Lipinski definition) is 3. The van der Waals surface area contributed by atoms with E-state index in [0.29, 0.717) is 18.1 Å². The van der Waals surface area contributed by atoms with Crippen LogP contribution in [0.3, 0.4) is 0 Å². The van der Waals surface area contributed by atoms with Gasteiger partial charge >= 0.3 is 0 Å². The van der Waals surface area contributed by atoms with E-state index in [4.69, 9.17) is 4.42 Å². The number of carbonyl (C=O) groups is 1. The molecule has 0 bridgehead atoms. The van der Waals surface area contributed by atoms with E-state index in [1.807, 2.05) is 31.2 Å². The Morgan fingerprint density at radius 3 is 2.56 bits per heavy atom. The van der Waals surface area contributed by atoms with Crippen LogP contribution in [0.2, 0.25) is 0 Å².